The molecule has 1 fully saturated rings. The van der Waals surface area contributed by atoms with Gasteiger partial charge in [-0.1, -0.05) is 18.2 Å². The molecule has 3 atom stereocenters. The summed E-state index contributed by atoms with van der Waals surface area (Å²) in [6.45, 7) is 1.51. The number of aliphatic hydroxyl groups excluding tert-OH is 1. The van der Waals surface area contributed by atoms with Crippen LogP contribution in [0.25, 0.3) is 5.57 Å². The Morgan fingerprint density at radius 2 is 2.05 bits per heavy atom. The number of phenols is 1. The summed E-state index contributed by atoms with van der Waals surface area (Å²) in [5.41, 5.74) is 0.543. The Labute approximate surface area is 149 Å². The Morgan fingerprint density at radius 1 is 1.41 bits per heavy atom. The summed E-state index contributed by atoms with van der Waals surface area (Å²) in [5, 5.41) is 31.0. The van der Waals surface area contributed by atoms with Gasteiger partial charge in [0.2, 0.25) is 5.91 Å². The van der Waals surface area contributed by atoms with Crippen LogP contribution in [0.2, 0.25) is 0 Å². The Bertz CT molecular complexity index is 670. The molecular weight excluding hydrogens is 297 g/mol. The van der Waals surface area contributed by atoms with E-state index in [4.69, 9.17) is 0 Å². The maximum Gasteiger partial charge on any atom is 1.00 e. The molecule has 1 aromatic rings. The number of aromatic hydroxyl groups is 1. The van der Waals surface area contributed by atoms with E-state index in [0.717, 1.165) is 4.90 Å². The molecule has 0 saturated carbocycles. The number of fused-ring (bicyclic) bond motifs is 1. The van der Waals surface area contributed by atoms with Crippen LogP contribution in [-0.4, -0.2) is 39.1 Å². The first-order chi connectivity index (χ1) is 9.93. The zero-order chi connectivity index (χ0) is 15.3. The van der Waals surface area contributed by atoms with Crippen molar-refractivity contribution in [3.63, 3.8) is 0 Å². The van der Waals surface area contributed by atoms with Crippen molar-refractivity contribution >= 4 is 17.4 Å². The zero-order valence-electron chi connectivity index (χ0n) is 12.3. The molecule has 2 heterocycles. The van der Waals surface area contributed by atoms with Gasteiger partial charge in [0, 0.05) is 5.56 Å². The van der Waals surface area contributed by atoms with Crippen LogP contribution in [0.1, 0.15) is 18.9 Å². The minimum Gasteiger partial charge on any atom is -0.543 e. The molecule has 1 amide bonds. The summed E-state index contributed by atoms with van der Waals surface area (Å²) < 4.78 is 0. The van der Waals surface area contributed by atoms with Gasteiger partial charge in [-0.25, -0.2) is 0 Å². The van der Waals surface area contributed by atoms with Crippen LogP contribution in [0.4, 0.5) is 0 Å². The average molecular weight is 311 g/mol. The number of amides is 1. The van der Waals surface area contributed by atoms with Crippen molar-refractivity contribution in [3.05, 3.63) is 35.5 Å². The van der Waals surface area contributed by atoms with E-state index in [0.29, 0.717) is 11.1 Å². The van der Waals surface area contributed by atoms with Gasteiger partial charge >= 0.3 is 29.6 Å². The van der Waals surface area contributed by atoms with Gasteiger partial charge in [0.05, 0.1) is 29.7 Å². The average Bonchev–Trinajstić information content (AvgIpc) is 2.74. The molecule has 0 spiro atoms. The summed E-state index contributed by atoms with van der Waals surface area (Å²) in [4.78, 5) is 24.6. The number of hydrogen-bond donors (Lipinski definition) is 2. The maximum atomic E-state index is 12.0. The van der Waals surface area contributed by atoms with Crippen LogP contribution in [0.15, 0.2) is 30.0 Å². The molecule has 0 unspecified atom stereocenters. The fourth-order valence-corrected chi connectivity index (χ4v) is 3.23. The standard InChI is InChI=1S/C15H15NO5.Na/c1-7(17)12-10-6-9(8-4-2-3-5-11(8)18)13(15(20)21)16(10)14(12)19;/h2-5,7,10,12,17-18H,6H2,1H3,(H,20,21);/q;+1/p-1/t7-,10-,12-;/m1./s1. The molecule has 0 aliphatic carbocycles. The Kier molecular flexibility index (Phi) is 4.67. The summed E-state index contributed by atoms with van der Waals surface area (Å²) in [7, 11) is 0. The molecule has 7 heteroatoms. The number of hydrogen-bond acceptors (Lipinski definition) is 5. The molecule has 0 bridgehead atoms. The quantitative estimate of drug-likeness (QED) is 0.445. The van der Waals surface area contributed by atoms with E-state index in [1.165, 1.54) is 13.0 Å². The van der Waals surface area contributed by atoms with Crippen LogP contribution in [0, 0.1) is 5.92 Å². The Balaban J connectivity index is 0.00000176. The number of phenolic OH excluding ortho intramolecular Hbond substituents is 1. The third kappa shape index (κ3) is 2.36. The monoisotopic (exact) mass is 311 g/mol. The second-order valence-corrected chi connectivity index (χ2v) is 5.38. The van der Waals surface area contributed by atoms with Crippen molar-refractivity contribution in [1.29, 1.82) is 0 Å². The van der Waals surface area contributed by atoms with Gasteiger partial charge in [0.1, 0.15) is 5.75 Å². The van der Waals surface area contributed by atoms with Gasteiger partial charge in [-0.2, -0.15) is 0 Å². The van der Waals surface area contributed by atoms with Gasteiger partial charge in [-0.05, 0) is 25.0 Å². The first-order valence-electron chi connectivity index (χ1n) is 6.67. The van der Waals surface area contributed by atoms with E-state index in [2.05, 4.69) is 0 Å². The number of aliphatic carboxylic acids is 1. The Hall–Kier alpha value is -1.34. The molecule has 0 radical (unpaired) electrons. The topological polar surface area (TPSA) is 101 Å². The number of carbonyl (C=O) groups excluding carboxylic acids is 2. The van der Waals surface area contributed by atoms with E-state index >= 15 is 0 Å². The van der Waals surface area contributed by atoms with Gasteiger partial charge in [0.15, 0.2) is 0 Å². The fourth-order valence-electron chi connectivity index (χ4n) is 3.23. The number of para-hydroxylation sites is 1. The molecule has 22 heavy (non-hydrogen) atoms. The minimum atomic E-state index is -1.45. The summed E-state index contributed by atoms with van der Waals surface area (Å²) in [5.74, 6) is -2.52. The second-order valence-electron chi connectivity index (χ2n) is 5.38. The third-order valence-electron chi connectivity index (χ3n) is 4.15. The van der Waals surface area contributed by atoms with Crippen molar-refractivity contribution in [2.45, 2.75) is 25.5 Å². The van der Waals surface area contributed by atoms with Gasteiger partial charge in [-0.3, -0.25) is 4.79 Å². The van der Waals surface area contributed by atoms with Crippen molar-refractivity contribution in [1.82, 2.24) is 4.90 Å². The van der Waals surface area contributed by atoms with Crippen molar-refractivity contribution in [3.8, 4) is 5.75 Å². The molecule has 6 nitrogen and oxygen atoms in total. The molecule has 2 aliphatic rings. The van der Waals surface area contributed by atoms with Crippen LogP contribution in [0.3, 0.4) is 0 Å². The third-order valence-corrected chi connectivity index (χ3v) is 4.15. The number of benzene rings is 1. The van der Waals surface area contributed by atoms with Crippen LogP contribution in [0.5, 0.6) is 5.75 Å². The SMILES string of the molecule is C[C@@H](O)[C@H]1C(=O)N2C(C(=O)[O-])=C(c3ccccc3O)C[C@H]12.[Na+]. The molecule has 1 aromatic carbocycles. The second kappa shape index (κ2) is 6.04. The predicted molar refractivity (Wildman–Crippen MR) is 70.5 cm³/mol. The van der Waals surface area contributed by atoms with Crippen molar-refractivity contribution in [2.75, 3.05) is 0 Å². The first-order valence-corrected chi connectivity index (χ1v) is 6.67. The number of carbonyl (C=O) groups is 2. The first kappa shape index (κ1) is 17.0. The van der Waals surface area contributed by atoms with Crippen molar-refractivity contribution < 1.29 is 54.5 Å². The van der Waals surface area contributed by atoms with E-state index in [1.807, 2.05) is 0 Å². The molecule has 0 aromatic heterocycles. The van der Waals surface area contributed by atoms with Gasteiger partial charge in [0.25, 0.3) is 0 Å². The van der Waals surface area contributed by atoms with E-state index in [1.54, 1.807) is 18.2 Å². The normalized spacial score (nSPS) is 24.5. The number of β-lactam (4-membered cyclic amide) rings is 1. The predicted octanol–water partition coefficient (Wildman–Crippen LogP) is -3.53. The smallest absolute Gasteiger partial charge is 0.543 e. The molecule has 2 aliphatic heterocycles. The van der Waals surface area contributed by atoms with Gasteiger partial charge in [-0.15, -0.1) is 0 Å². The van der Waals surface area contributed by atoms with E-state index < -0.39 is 23.9 Å². The minimum absolute atomic E-state index is 0. The number of carboxylic acids is 1. The van der Waals surface area contributed by atoms with Gasteiger partial charge < -0.3 is 25.0 Å². The molecule has 2 N–H and O–H groups in total. The number of aliphatic hydroxyl groups is 1. The Morgan fingerprint density at radius 3 is 2.59 bits per heavy atom. The number of rotatable bonds is 3. The fraction of sp³-hybridized carbons (Fsp3) is 0.333. The molecular formula is C15H14NNaO5. The van der Waals surface area contributed by atoms with Crippen LogP contribution < -0.4 is 34.7 Å². The van der Waals surface area contributed by atoms with Crippen LogP contribution in [-0.2, 0) is 9.59 Å². The number of carboxylic acid groups (broad SMARTS) is 1. The van der Waals surface area contributed by atoms with Crippen molar-refractivity contribution in [2.24, 2.45) is 5.92 Å². The van der Waals surface area contributed by atoms with E-state index in [9.17, 15) is 24.9 Å². The summed E-state index contributed by atoms with van der Waals surface area (Å²) in [6.07, 6.45) is -0.562. The molecule has 3 rings (SSSR count). The van der Waals surface area contributed by atoms with Crippen LogP contribution >= 0.6 is 0 Å². The number of nitrogens with zero attached hydrogens (tertiary/aromatic N) is 1. The zero-order valence-corrected chi connectivity index (χ0v) is 14.3. The summed E-state index contributed by atoms with van der Waals surface area (Å²) >= 11 is 0. The molecule has 1 saturated heterocycles. The summed E-state index contributed by atoms with van der Waals surface area (Å²) in [6, 6.07) is 5.98. The van der Waals surface area contributed by atoms with E-state index in [-0.39, 0.29) is 53.5 Å². The maximum absolute atomic E-state index is 12.0. The molecule has 110 valence electrons. The largest absolute Gasteiger partial charge is 1.00 e.